The third-order valence-corrected chi connectivity index (χ3v) is 7.92. The van der Waals surface area contributed by atoms with Gasteiger partial charge < -0.3 is 13.8 Å². The highest BCUT2D eigenvalue weighted by Crippen LogP contribution is 2.38. The van der Waals surface area contributed by atoms with E-state index >= 15 is 0 Å². The molecule has 9 nitrogen and oxygen atoms in total. The van der Waals surface area contributed by atoms with Crippen molar-refractivity contribution in [2.45, 2.75) is 25.7 Å². The smallest absolute Gasteiger partial charge is 0.276 e. The van der Waals surface area contributed by atoms with E-state index in [1.807, 2.05) is 0 Å². The first kappa shape index (κ1) is 24.4. The maximum atomic E-state index is 14.8. The quantitative estimate of drug-likeness (QED) is 0.318. The third-order valence-electron chi connectivity index (χ3n) is 6.19. The van der Waals surface area contributed by atoms with Crippen LogP contribution in [0, 0.1) is 19.7 Å². The van der Waals surface area contributed by atoms with Crippen molar-refractivity contribution < 1.29 is 22.1 Å². The lowest BCUT2D eigenvalue weighted by Crippen LogP contribution is -2.19. The van der Waals surface area contributed by atoms with Gasteiger partial charge in [0.1, 0.15) is 28.6 Å². The molecule has 0 radical (unpaired) electrons. The Balaban J connectivity index is 1.70. The van der Waals surface area contributed by atoms with Crippen LogP contribution in [0.2, 0.25) is 0 Å². The summed E-state index contributed by atoms with van der Waals surface area (Å²) in [6.07, 6.45) is 4.50. The van der Waals surface area contributed by atoms with E-state index < -0.39 is 15.7 Å². The predicted octanol–water partition coefficient (Wildman–Crippen LogP) is 4.70. The summed E-state index contributed by atoms with van der Waals surface area (Å²) < 4.78 is 54.5. The van der Waals surface area contributed by atoms with E-state index in [0.717, 1.165) is 0 Å². The van der Waals surface area contributed by atoms with Crippen LogP contribution in [0.25, 0.3) is 27.9 Å². The van der Waals surface area contributed by atoms with Gasteiger partial charge in [0.05, 0.1) is 40.1 Å². The maximum Gasteiger partial charge on any atom is 0.276 e. The Kier molecular flexibility index (Phi) is 5.95. The molecule has 0 aliphatic heterocycles. The van der Waals surface area contributed by atoms with Gasteiger partial charge in [0.25, 0.3) is 5.56 Å². The average Bonchev–Trinajstić information content (AvgIpc) is 3.50. The van der Waals surface area contributed by atoms with Crippen LogP contribution >= 0.6 is 0 Å². The Morgan fingerprint density at radius 3 is 2.59 bits per heavy atom. The highest BCUT2D eigenvalue weighted by atomic mass is 32.2. The molecular weight excluding hydrogens is 499 g/mol. The highest BCUT2D eigenvalue weighted by Gasteiger charge is 2.21. The SMILES string of the molecule is CCS(=O)(=O)c1ccc(Oc2ccc(F)c(-c3c(C)noc3C)c2)c(-c2cn(C)c(=O)c3cncn23)c1. The molecule has 3 heterocycles. The van der Waals surface area contributed by atoms with Gasteiger partial charge in [-0.3, -0.25) is 9.20 Å². The van der Waals surface area contributed by atoms with Gasteiger partial charge in [0.2, 0.25) is 0 Å². The first-order valence-electron chi connectivity index (χ1n) is 11.4. The van der Waals surface area contributed by atoms with Gasteiger partial charge in [-0.05, 0) is 50.2 Å². The molecule has 5 aromatic rings. The van der Waals surface area contributed by atoms with E-state index in [9.17, 15) is 17.6 Å². The number of aryl methyl sites for hydroxylation is 3. The molecule has 0 saturated carbocycles. The number of imidazole rings is 1. The number of fused-ring (bicyclic) bond motifs is 1. The molecule has 0 aliphatic carbocycles. The standard InChI is InChI=1S/C26H23FN4O5S/c1-5-37(33,34)18-7-9-24(20(11-18)23-13-30(4)26(32)22-12-28-14-31(22)23)35-17-6-8-21(27)19(10-17)25-15(2)29-36-16(25)3/h6-14H,5H2,1-4H3. The number of hydrogen-bond donors (Lipinski definition) is 0. The van der Waals surface area contributed by atoms with E-state index in [1.165, 1.54) is 47.4 Å². The number of nitrogens with zero attached hydrogens (tertiary/aromatic N) is 4. The molecule has 5 rings (SSSR count). The van der Waals surface area contributed by atoms with E-state index in [1.54, 1.807) is 44.5 Å². The average molecular weight is 523 g/mol. The van der Waals surface area contributed by atoms with Crippen LogP contribution in [-0.2, 0) is 16.9 Å². The monoisotopic (exact) mass is 522 g/mol. The second-order valence-electron chi connectivity index (χ2n) is 8.58. The fraction of sp³-hybridized carbons (Fsp3) is 0.192. The number of aromatic nitrogens is 4. The lowest BCUT2D eigenvalue weighted by Gasteiger charge is -2.16. The van der Waals surface area contributed by atoms with Gasteiger partial charge in [-0.1, -0.05) is 12.1 Å². The minimum atomic E-state index is -3.54. The van der Waals surface area contributed by atoms with Crippen molar-refractivity contribution in [3.05, 3.63) is 82.7 Å². The molecule has 0 aliphatic rings. The molecule has 3 aromatic heterocycles. The minimum absolute atomic E-state index is 0.0842. The van der Waals surface area contributed by atoms with Crippen LogP contribution in [-0.4, -0.2) is 33.3 Å². The predicted molar refractivity (Wildman–Crippen MR) is 135 cm³/mol. The molecule has 0 atom stereocenters. The lowest BCUT2D eigenvalue weighted by molar-refractivity contribution is 0.393. The van der Waals surface area contributed by atoms with Crippen LogP contribution in [0.1, 0.15) is 18.4 Å². The van der Waals surface area contributed by atoms with Crippen molar-refractivity contribution in [3.63, 3.8) is 0 Å². The molecule has 37 heavy (non-hydrogen) atoms. The fourth-order valence-electron chi connectivity index (χ4n) is 4.24. The molecular formula is C26H23FN4O5S. The number of ether oxygens (including phenoxy) is 1. The summed E-state index contributed by atoms with van der Waals surface area (Å²) in [6, 6.07) is 8.81. The number of benzene rings is 2. The summed E-state index contributed by atoms with van der Waals surface area (Å²) in [6.45, 7) is 4.98. The fourth-order valence-corrected chi connectivity index (χ4v) is 5.15. The summed E-state index contributed by atoms with van der Waals surface area (Å²) in [7, 11) is -1.94. The summed E-state index contributed by atoms with van der Waals surface area (Å²) in [5, 5.41) is 3.91. The van der Waals surface area contributed by atoms with Crippen LogP contribution in [0.15, 0.2) is 69.3 Å². The van der Waals surface area contributed by atoms with Crippen LogP contribution in [0.5, 0.6) is 11.5 Å². The van der Waals surface area contributed by atoms with Gasteiger partial charge in [0.15, 0.2) is 9.84 Å². The van der Waals surface area contributed by atoms with Crippen LogP contribution in [0.4, 0.5) is 4.39 Å². The molecule has 0 spiro atoms. The Morgan fingerprint density at radius 1 is 1.11 bits per heavy atom. The van der Waals surface area contributed by atoms with Crippen molar-refractivity contribution in [2.75, 3.05) is 5.75 Å². The van der Waals surface area contributed by atoms with Crippen LogP contribution < -0.4 is 10.3 Å². The molecule has 0 amide bonds. The van der Waals surface area contributed by atoms with E-state index in [-0.39, 0.29) is 21.8 Å². The second-order valence-corrected chi connectivity index (χ2v) is 10.9. The number of halogens is 1. The number of rotatable bonds is 6. The van der Waals surface area contributed by atoms with E-state index in [4.69, 9.17) is 9.26 Å². The largest absolute Gasteiger partial charge is 0.457 e. The molecule has 0 bridgehead atoms. The van der Waals surface area contributed by atoms with Crippen molar-refractivity contribution >= 4 is 15.4 Å². The molecule has 0 unspecified atom stereocenters. The van der Waals surface area contributed by atoms with Gasteiger partial charge >= 0.3 is 0 Å². The topological polar surface area (TPSA) is 109 Å². The first-order valence-corrected chi connectivity index (χ1v) is 13.1. The zero-order chi connectivity index (χ0) is 26.5. The first-order chi connectivity index (χ1) is 17.6. The Labute approximate surface area is 211 Å². The third kappa shape index (κ3) is 4.20. The van der Waals surface area contributed by atoms with Crippen molar-refractivity contribution in [1.82, 2.24) is 19.1 Å². The summed E-state index contributed by atoms with van der Waals surface area (Å²) >= 11 is 0. The highest BCUT2D eigenvalue weighted by molar-refractivity contribution is 7.91. The summed E-state index contributed by atoms with van der Waals surface area (Å²) in [5.41, 5.74) is 2.30. The zero-order valence-corrected chi connectivity index (χ0v) is 21.3. The Hall–Kier alpha value is -4.25. The number of sulfone groups is 1. The summed E-state index contributed by atoms with van der Waals surface area (Å²) in [4.78, 5) is 16.8. The van der Waals surface area contributed by atoms with Gasteiger partial charge in [-0.25, -0.2) is 17.8 Å². The molecule has 11 heteroatoms. The van der Waals surface area contributed by atoms with Gasteiger partial charge in [0, 0.05) is 24.4 Å². The molecule has 0 N–H and O–H groups in total. The maximum absolute atomic E-state index is 14.8. The molecule has 0 fully saturated rings. The van der Waals surface area contributed by atoms with Gasteiger partial charge in [-0.15, -0.1) is 0 Å². The van der Waals surface area contributed by atoms with Crippen LogP contribution in [0.3, 0.4) is 0 Å². The van der Waals surface area contributed by atoms with Crippen molar-refractivity contribution in [2.24, 2.45) is 7.05 Å². The normalized spacial score (nSPS) is 11.8. The minimum Gasteiger partial charge on any atom is -0.457 e. The van der Waals surface area contributed by atoms with Crippen molar-refractivity contribution in [3.8, 4) is 33.9 Å². The van der Waals surface area contributed by atoms with Gasteiger partial charge in [-0.2, -0.15) is 0 Å². The van der Waals surface area contributed by atoms with E-state index in [2.05, 4.69) is 10.1 Å². The Morgan fingerprint density at radius 2 is 1.89 bits per heavy atom. The molecule has 190 valence electrons. The number of hydrogen-bond acceptors (Lipinski definition) is 7. The van der Waals surface area contributed by atoms with Crippen molar-refractivity contribution in [1.29, 1.82) is 0 Å². The summed E-state index contributed by atoms with van der Waals surface area (Å²) in [5.74, 6) is 0.537. The Bertz CT molecular complexity index is 1820. The zero-order valence-electron chi connectivity index (χ0n) is 20.5. The lowest BCUT2D eigenvalue weighted by atomic mass is 10.0. The second kappa shape index (κ2) is 9.00. The molecule has 0 saturated heterocycles. The molecule has 2 aromatic carbocycles. The van der Waals surface area contributed by atoms with E-state index in [0.29, 0.717) is 45.3 Å².